The fourth-order valence-corrected chi connectivity index (χ4v) is 4.85. The topological polar surface area (TPSA) is 130 Å². The summed E-state index contributed by atoms with van der Waals surface area (Å²) in [5.74, 6) is 1.66. The molecule has 1 aliphatic rings. The number of anilines is 1. The number of rotatable bonds is 8. The van der Waals surface area contributed by atoms with Crippen molar-refractivity contribution in [2.75, 3.05) is 32.2 Å². The van der Waals surface area contributed by atoms with Crippen LogP contribution in [0.15, 0.2) is 36.7 Å². The van der Waals surface area contributed by atoms with E-state index in [2.05, 4.69) is 24.9 Å². The molecule has 0 bridgehead atoms. The highest BCUT2D eigenvalue weighted by Gasteiger charge is 2.33. The number of hydrogen-bond acceptors (Lipinski definition) is 9. The van der Waals surface area contributed by atoms with Gasteiger partial charge in [0.25, 0.3) is 0 Å². The van der Waals surface area contributed by atoms with Gasteiger partial charge in [-0.2, -0.15) is 0 Å². The summed E-state index contributed by atoms with van der Waals surface area (Å²) in [6.07, 6.45) is 3.02. The van der Waals surface area contributed by atoms with Crippen LogP contribution < -0.4 is 14.2 Å². The smallest absolute Gasteiger partial charge is 0.239 e. The third kappa shape index (κ3) is 4.48. The lowest BCUT2D eigenvalue weighted by atomic mass is 10.1. The monoisotopic (exact) mass is 474 g/mol. The van der Waals surface area contributed by atoms with Gasteiger partial charge in [0, 0.05) is 13.0 Å². The van der Waals surface area contributed by atoms with Crippen LogP contribution in [0.5, 0.6) is 11.5 Å². The Kier molecular flexibility index (Phi) is 6.47. The molecule has 4 rings (SSSR count). The largest absolute Gasteiger partial charge is 0.494 e. The molecule has 12 heteroatoms. The van der Waals surface area contributed by atoms with E-state index >= 15 is 0 Å². The molecule has 1 aliphatic heterocycles. The number of sulfonamides is 1. The van der Waals surface area contributed by atoms with Gasteiger partial charge in [0.15, 0.2) is 11.6 Å². The minimum Gasteiger partial charge on any atom is -0.494 e. The molecule has 0 saturated heterocycles. The van der Waals surface area contributed by atoms with Crippen molar-refractivity contribution in [2.24, 2.45) is 0 Å². The molecule has 0 radical (unpaired) electrons. The number of aromatic nitrogens is 5. The van der Waals surface area contributed by atoms with Crippen molar-refractivity contribution in [3.05, 3.63) is 42.5 Å². The van der Waals surface area contributed by atoms with Crippen LogP contribution in [0.3, 0.4) is 0 Å². The van der Waals surface area contributed by atoms with Crippen LogP contribution in [0.1, 0.15) is 31.6 Å². The van der Waals surface area contributed by atoms with Crippen molar-refractivity contribution < 1.29 is 22.6 Å². The quantitative estimate of drug-likeness (QED) is 0.522. The molecule has 0 unspecified atom stereocenters. The first-order chi connectivity index (χ1) is 15.9. The van der Waals surface area contributed by atoms with Gasteiger partial charge < -0.3 is 14.2 Å². The molecule has 0 fully saturated rings. The minimum absolute atomic E-state index is 0.0991. The van der Waals surface area contributed by atoms with Gasteiger partial charge in [-0.15, -0.1) is 10.2 Å². The molecule has 0 saturated carbocycles. The number of hydrogen-bond donors (Lipinski definition) is 1. The van der Waals surface area contributed by atoms with E-state index in [9.17, 15) is 8.42 Å². The van der Waals surface area contributed by atoms with Gasteiger partial charge in [-0.1, -0.05) is 19.1 Å². The second-order valence-electron chi connectivity index (χ2n) is 7.76. The van der Waals surface area contributed by atoms with Crippen LogP contribution in [-0.2, 0) is 14.8 Å². The van der Waals surface area contributed by atoms with Gasteiger partial charge in [-0.3, -0.25) is 9.29 Å². The first kappa shape index (κ1) is 22.9. The molecule has 0 spiro atoms. The molecule has 0 aliphatic carbocycles. The van der Waals surface area contributed by atoms with E-state index in [1.165, 1.54) is 19.5 Å². The molecule has 33 heavy (non-hydrogen) atoms. The molecule has 3 aromatic rings. The lowest BCUT2D eigenvalue weighted by Crippen LogP contribution is -2.32. The highest BCUT2D eigenvalue weighted by molar-refractivity contribution is 7.93. The summed E-state index contributed by atoms with van der Waals surface area (Å²) in [6.45, 7) is 3.93. The van der Waals surface area contributed by atoms with Gasteiger partial charge in [-0.25, -0.2) is 18.4 Å². The Morgan fingerprint density at radius 1 is 1.18 bits per heavy atom. The summed E-state index contributed by atoms with van der Waals surface area (Å²) < 4.78 is 47.2. The second-order valence-corrected chi connectivity index (χ2v) is 9.79. The second kappa shape index (κ2) is 9.32. The Hall–Kier alpha value is -3.25. The van der Waals surface area contributed by atoms with E-state index in [1.54, 1.807) is 25.5 Å². The molecule has 3 atom stereocenters. The molecule has 176 valence electrons. The van der Waals surface area contributed by atoms with Crippen LogP contribution >= 0.6 is 0 Å². The summed E-state index contributed by atoms with van der Waals surface area (Å²) in [4.78, 5) is 8.46. The van der Waals surface area contributed by atoms with Crippen LogP contribution in [0.4, 0.5) is 5.95 Å². The Labute approximate surface area is 192 Å². The standard InChI is InChI=1S/C21H26N6O5S/c1-13(19-22-9-16(31-4)10-23-19)14(2)33(28,29)26-21-25-24-20-17-7-5-6-8-18(17)32-12-15(11-30-3)27(20)21/h5-10,13-15H,11-12H2,1-4H3,(H,25,26)/t13-,14-,15+/m0/s1. The third-order valence-electron chi connectivity index (χ3n) is 5.70. The van der Waals surface area contributed by atoms with Crippen molar-refractivity contribution in [2.45, 2.75) is 31.1 Å². The molecule has 1 N–H and O–H groups in total. The highest BCUT2D eigenvalue weighted by atomic mass is 32.2. The summed E-state index contributed by atoms with van der Waals surface area (Å²) in [6, 6.07) is 7.09. The number of nitrogens with zero attached hydrogens (tertiary/aromatic N) is 5. The van der Waals surface area contributed by atoms with E-state index in [4.69, 9.17) is 14.2 Å². The van der Waals surface area contributed by atoms with E-state index in [0.29, 0.717) is 29.8 Å². The van der Waals surface area contributed by atoms with Crippen LogP contribution in [0.2, 0.25) is 0 Å². The molecular weight excluding hydrogens is 448 g/mol. The van der Waals surface area contributed by atoms with Crippen molar-refractivity contribution in [3.63, 3.8) is 0 Å². The maximum absolute atomic E-state index is 13.3. The number of nitrogens with one attached hydrogen (secondary N) is 1. The number of benzene rings is 1. The van der Waals surface area contributed by atoms with E-state index in [1.807, 2.05) is 24.3 Å². The molecule has 11 nitrogen and oxygen atoms in total. The third-order valence-corrected chi connectivity index (χ3v) is 7.55. The summed E-state index contributed by atoms with van der Waals surface area (Å²) in [5, 5.41) is 7.57. The zero-order valence-electron chi connectivity index (χ0n) is 18.8. The zero-order chi connectivity index (χ0) is 23.6. The van der Waals surface area contributed by atoms with Crippen molar-refractivity contribution in [3.8, 4) is 22.9 Å². The average Bonchev–Trinajstić information content (AvgIpc) is 3.16. The van der Waals surface area contributed by atoms with Gasteiger partial charge in [0.1, 0.15) is 18.2 Å². The Morgan fingerprint density at radius 3 is 2.61 bits per heavy atom. The predicted molar refractivity (Wildman–Crippen MR) is 121 cm³/mol. The van der Waals surface area contributed by atoms with E-state index < -0.39 is 21.2 Å². The van der Waals surface area contributed by atoms with Crippen molar-refractivity contribution in [1.29, 1.82) is 0 Å². The van der Waals surface area contributed by atoms with Gasteiger partial charge in [0.2, 0.25) is 16.0 Å². The van der Waals surface area contributed by atoms with Gasteiger partial charge in [-0.05, 0) is 19.1 Å². The Morgan fingerprint density at radius 2 is 1.91 bits per heavy atom. The number of para-hydroxylation sites is 1. The lowest BCUT2D eigenvalue weighted by molar-refractivity contribution is 0.126. The van der Waals surface area contributed by atoms with Crippen LogP contribution in [0, 0.1) is 0 Å². The average molecular weight is 475 g/mol. The van der Waals surface area contributed by atoms with Crippen LogP contribution in [0.25, 0.3) is 11.4 Å². The maximum atomic E-state index is 13.3. The van der Waals surface area contributed by atoms with E-state index in [0.717, 1.165) is 5.56 Å². The summed E-state index contributed by atoms with van der Waals surface area (Å²) in [5.41, 5.74) is 0.724. The number of ether oxygens (including phenoxy) is 3. The fraction of sp³-hybridized carbons (Fsp3) is 0.429. The molecule has 3 heterocycles. The molecular formula is C21H26N6O5S. The SMILES string of the molecule is COC[C@@H]1COc2ccccc2-c2nnc(NS(=O)(=O)[C@@H](C)[C@H](C)c3ncc(OC)cn3)n21. The summed E-state index contributed by atoms with van der Waals surface area (Å²) in [7, 11) is -0.785. The minimum atomic E-state index is -3.87. The van der Waals surface area contributed by atoms with Gasteiger partial charge >= 0.3 is 0 Å². The normalized spacial score (nSPS) is 17.2. The van der Waals surface area contributed by atoms with Crippen molar-refractivity contribution in [1.82, 2.24) is 24.7 Å². The first-order valence-electron chi connectivity index (χ1n) is 10.4. The number of methoxy groups -OCH3 is 2. The zero-order valence-corrected chi connectivity index (χ0v) is 19.6. The number of fused-ring (bicyclic) bond motifs is 3. The Balaban J connectivity index is 1.65. The summed E-state index contributed by atoms with van der Waals surface area (Å²) >= 11 is 0. The first-order valence-corrected chi connectivity index (χ1v) is 11.9. The van der Waals surface area contributed by atoms with E-state index in [-0.39, 0.29) is 18.6 Å². The van der Waals surface area contributed by atoms with Crippen molar-refractivity contribution >= 4 is 16.0 Å². The van der Waals surface area contributed by atoms with Gasteiger partial charge in [0.05, 0.1) is 43.0 Å². The molecule has 1 aromatic carbocycles. The lowest BCUT2D eigenvalue weighted by Gasteiger charge is -2.22. The highest BCUT2D eigenvalue weighted by Crippen LogP contribution is 2.36. The Bertz CT molecular complexity index is 1210. The predicted octanol–water partition coefficient (Wildman–Crippen LogP) is 2.26. The van der Waals surface area contributed by atoms with Crippen LogP contribution in [-0.4, -0.2) is 65.8 Å². The molecule has 2 aromatic heterocycles. The maximum Gasteiger partial charge on any atom is 0.239 e. The fourth-order valence-electron chi connectivity index (χ4n) is 3.61. The molecule has 0 amide bonds.